The van der Waals surface area contributed by atoms with E-state index < -0.39 is 16.8 Å². The number of nitrogens with zero attached hydrogens (tertiary/aromatic N) is 1. The molecule has 3 heterocycles. The number of carbonyl (C=O) groups excluding carboxylic acids is 1. The molecule has 3 aliphatic heterocycles. The molecule has 188 valence electrons. The molecule has 4 rings (SSSR count). The summed E-state index contributed by atoms with van der Waals surface area (Å²) in [5.74, 6) is -0.135. The molecule has 3 aliphatic rings. The lowest BCUT2D eigenvalue weighted by molar-refractivity contribution is -0.158. The summed E-state index contributed by atoms with van der Waals surface area (Å²) in [5.41, 5.74) is 6.43. The second kappa shape index (κ2) is 11.5. The standard InChI is InChI=1S/C23H31N3O4S3.ClH/c1-13-18(12-32-16-5-3-15(4-6-16)31-10-8-24)19(21(28)29)26-20(13)23(14(2)27,22(26)30)33-17-7-9-25-11-17;/h3-6,13-14,17,20,25,27H,7-12,24H2,1-2H3,(H,28,29);1H/t13-,14?,17?,20+,23?;/m1./s1. The minimum absolute atomic E-state index is 0. The highest BCUT2D eigenvalue weighted by Crippen LogP contribution is 2.57. The number of amides is 1. The summed E-state index contributed by atoms with van der Waals surface area (Å²) in [4.78, 5) is 29.3. The van der Waals surface area contributed by atoms with Crippen LogP contribution in [-0.2, 0) is 9.59 Å². The van der Waals surface area contributed by atoms with Crippen molar-refractivity contribution in [2.24, 2.45) is 11.7 Å². The van der Waals surface area contributed by atoms with Gasteiger partial charge in [0.25, 0.3) is 0 Å². The van der Waals surface area contributed by atoms with Gasteiger partial charge in [-0.15, -0.1) is 47.7 Å². The first-order chi connectivity index (χ1) is 15.8. The predicted molar refractivity (Wildman–Crippen MR) is 142 cm³/mol. The summed E-state index contributed by atoms with van der Waals surface area (Å²) >= 11 is 4.82. The number of carbonyl (C=O) groups is 2. The van der Waals surface area contributed by atoms with Crippen LogP contribution in [0.5, 0.6) is 0 Å². The van der Waals surface area contributed by atoms with E-state index in [1.54, 1.807) is 30.4 Å². The van der Waals surface area contributed by atoms with Crippen molar-refractivity contribution in [2.45, 2.75) is 52.2 Å². The van der Waals surface area contributed by atoms with E-state index in [0.717, 1.165) is 40.6 Å². The van der Waals surface area contributed by atoms with Gasteiger partial charge in [-0.1, -0.05) is 6.92 Å². The molecule has 5 N–H and O–H groups in total. The molecule has 2 fully saturated rings. The number of rotatable bonds is 10. The number of aliphatic hydroxyl groups is 1. The average molecular weight is 546 g/mol. The van der Waals surface area contributed by atoms with E-state index in [9.17, 15) is 19.8 Å². The minimum atomic E-state index is -1.08. The van der Waals surface area contributed by atoms with Gasteiger partial charge in [0.1, 0.15) is 10.4 Å². The lowest BCUT2D eigenvalue weighted by Crippen LogP contribution is -2.76. The van der Waals surface area contributed by atoms with E-state index in [2.05, 4.69) is 17.4 Å². The lowest BCUT2D eigenvalue weighted by atomic mass is 9.77. The highest BCUT2D eigenvalue weighted by atomic mass is 35.5. The molecule has 5 atom stereocenters. The third-order valence-electron chi connectivity index (χ3n) is 6.64. The molecule has 11 heteroatoms. The summed E-state index contributed by atoms with van der Waals surface area (Å²) in [6.45, 7) is 5.98. The molecular weight excluding hydrogens is 514 g/mol. The number of carboxylic acids is 1. The third-order valence-corrected chi connectivity index (χ3v) is 10.6. The number of thioether (sulfide) groups is 3. The first-order valence-corrected chi connectivity index (χ1v) is 14.1. The van der Waals surface area contributed by atoms with Crippen molar-refractivity contribution >= 4 is 59.6 Å². The summed E-state index contributed by atoms with van der Waals surface area (Å²) in [7, 11) is 0. The van der Waals surface area contributed by atoms with Gasteiger partial charge in [-0.3, -0.25) is 9.69 Å². The smallest absolute Gasteiger partial charge is 0.352 e. The number of aliphatic carboxylic acids is 1. The Bertz CT molecular complexity index is 940. The molecule has 0 aromatic heterocycles. The molecule has 0 bridgehead atoms. The van der Waals surface area contributed by atoms with Gasteiger partial charge in [-0.2, -0.15) is 0 Å². The zero-order valence-electron chi connectivity index (χ0n) is 19.2. The average Bonchev–Trinajstić information content (AvgIpc) is 3.39. The second-order valence-corrected chi connectivity index (χ2v) is 12.5. The summed E-state index contributed by atoms with van der Waals surface area (Å²) in [6, 6.07) is 7.83. The van der Waals surface area contributed by atoms with Gasteiger partial charge in [0, 0.05) is 45.6 Å². The van der Waals surface area contributed by atoms with E-state index in [1.807, 2.05) is 19.1 Å². The Labute approximate surface area is 219 Å². The summed E-state index contributed by atoms with van der Waals surface area (Å²) < 4.78 is -0.995. The Kier molecular flexibility index (Phi) is 9.33. The van der Waals surface area contributed by atoms with Crippen LogP contribution in [0.3, 0.4) is 0 Å². The van der Waals surface area contributed by atoms with E-state index in [4.69, 9.17) is 5.73 Å². The van der Waals surface area contributed by atoms with Crippen LogP contribution < -0.4 is 11.1 Å². The molecule has 0 spiro atoms. The van der Waals surface area contributed by atoms with Crippen molar-refractivity contribution in [1.29, 1.82) is 0 Å². The Morgan fingerprint density at radius 1 is 1.29 bits per heavy atom. The molecule has 1 aromatic carbocycles. The Balaban J connectivity index is 0.00000324. The second-order valence-electron chi connectivity index (χ2n) is 8.69. The molecule has 0 radical (unpaired) electrons. The molecule has 2 saturated heterocycles. The largest absolute Gasteiger partial charge is 0.477 e. The van der Waals surface area contributed by atoms with Gasteiger partial charge in [-0.25, -0.2) is 4.79 Å². The summed E-state index contributed by atoms with van der Waals surface area (Å²) in [6.07, 6.45) is 0.0783. The van der Waals surface area contributed by atoms with Gasteiger partial charge in [-0.05, 0) is 49.7 Å². The SMILES string of the molecule is CC(O)C1(SC2CCNC2)C(=O)N2C(C(=O)O)=C(CSc3ccc(SCCN)cc3)[C@@H](C)[C@H]21.Cl. The topological polar surface area (TPSA) is 116 Å². The van der Waals surface area contributed by atoms with Crippen molar-refractivity contribution in [3.8, 4) is 0 Å². The number of hydrogen-bond acceptors (Lipinski definition) is 8. The Morgan fingerprint density at radius 3 is 2.47 bits per heavy atom. The molecule has 1 aromatic rings. The molecule has 7 nitrogen and oxygen atoms in total. The number of hydrogen-bond donors (Lipinski definition) is 4. The number of halogens is 1. The van der Waals surface area contributed by atoms with Crippen LogP contribution in [0, 0.1) is 5.92 Å². The van der Waals surface area contributed by atoms with Crippen LogP contribution in [0.4, 0.5) is 0 Å². The van der Waals surface area contributed by atoms with Crippen LogP contribution in [-0.4, -0.2) is 80.3 Å². The number of carboxylic acid groups (broad SMARTS) is 1. The lowest BCUT2D eigenvalue weighted by Gasteiger charge is -2.56. The van der Waals surface area contributed by atoms with Crippen molar-refractivity contribution < 1.29 is 19.8 Å². The molecule has 0 aliphatic carbocycles. The van der Waals surface area contributed by atoms with E-state index in [0.29, 0.717) is 12.3 Å². The van der Waals surface area contributed by atoms with Crippen LogP contribution in [0.2, 0.25) is 0 Å². The van der Waals surface area contributed by atoms with E-state index >= 15 is 0 Å². The maximum Gasteiger partial charge on any atom is 0.352 e. The molecule has 3 unspecified atom stereocenters. The predicted octanol–water partition coefficient (Wildman–Crippen LogP) is 2.67. The number of nitrogens with two attached hydrogens (primary N) is 1. The maximum atomic E-state index is 13.4. The summed E-state index contributed by atoms with van der Waals surface area (Å²) in [5, 5.41) is 24.3. The Hall–Kier alpha value is -0.880. The van der Waals surface area contributed by atoms with Crippen molar-refractivity contribution in [2.75, 3.05) is 31.1 Å². The third kappa shape index (κ3) is 4.87. The fraction of sp³-hybridized carbons (Fsp3) is 0.565. The van der Waals surface area contributed by atoms with Crippen LogP contribution in [0.1, 0.15) is 20.3 Å². The highest BCUT2D eigenvalue weighted by Gasteiger charge is 2.70. The monoisotopic (exact) mass is 545 g/mol. The first kappa shape index (κ1) is 27.7. The zero-order chi connectivity index (χ0) is 23.8. The van der Waals surface area contributed by atoms with Crippen LogP contribution >= 0.6 is 47.7 Å². The zero-order valence-corrected chi connectivity index (χ0v) is 22.5. The highest BCUT2D eigenvalue weighted by molar-refractivity contribution is 8.02. The fourth-order valence-corrected chi connectivity index (χ4v) is 8.59. The molecular formula is C23H32ClN3O4S3. The molecule has 34 heavy (non-hydrogen) atoms. The van der Waals surface area contributed by atoms with E-state index in [-0.39, 0.29) is 41.2 Å². The van der Waals surface area contributed by atoms with Crippen molar-refractivity contribution in [3.05, 3.63) is 35.5 Å². The maximum absolute atomic E-state index is 13.4. The number of fused-ring (bicyclic) bond motifs is 1. The number of aliphatic hydroxyl groups excluding tert-OH is 1. The quantitative estimate of drug-likeness (QED) is 0.260. The van der Waals surface area contributed by atoms with Crippen molar-refractivity contribution in [1.82, 2.24) is 10.2 Å². The molecule has 0 saturated carbocycles. The van der Waals surface area contributed by atoms with Gasteiger partial charge in [0.15, 0.2) is 0 Å². The van der Waals surface area contributed by atoms with Gasteiger partial charge in [0.05, 0.1) is 12.1 Å². The van der Waals surface area contributed by atoms with Gasteiger partial charge in [0.2, 0.25) is 5.91 Å². The van der Waals surface area contributed by atoms with Crippen molar-refractivity contribution in [3.63, 3.8) is 0 Å². The normalized spacial score (nSPS) is 29.0. The number of benzene rings is 1. The van der Waals surface area contributed by atoms with Gasteiger partial charge >= 0.3 is 5.97 Å². The van der Waals surface area contributed by atoms with Crippen LogP contribution in [0.25, 0.3) is 0 Å². The van der Waals surface area contributed by atoms with Crippen LogP contribution in [0.15, 0.2) is 45.3 Å². The number of nitrogens with one attached hydrogen (secondary N) is 1. The fourth-order valence-electron chi connectivity index (χ4n) is 5.02. The first-order valence-electron chi connectivity index (χ1n) is 11.2. The van der Waals surface area contributed by atoms with E-state index in [1.165, 1.54) is 16.7 Å². The van der Waals surface area contributed by atoms with Gasteiger partial charge < -0.3 is 21.3 Å². The number of β-lactam (4-membered cyclic amide) rings is 1. The molecule has 1 amide bonds. The minimum Gasteiger partial charge on any atom is -0.477 e. The Morgan fingerprint density at radius 2 is 1.94 bits per heavy atom.